The van der Waals surface area contributed by atoms with Crippen molar-refractivity contribution >= 4 is 22.4 Å². The number of fused-ring (bicyclic) bond motifs is 1. The Hall–Kier alpha value is -2.65. The first-order chi connectivity index (χ1) is 13.6. The second-order valence-electron chi connectivity index (χ2n) is 7.97. The molecular formula is C25H28N2O. The van der Waals surface area contributed by atoms with Gasteiger partial charge in [-0.2, -0.15) is 0 Å². The summed E-state index contributed by atoms with van der Waals surface area (Å²) in [6.45, 7) is 3.82. The standard InChI is InChI=1S/C25H28N2O/c1-17(24-9-5-7-20-6-3-4-8-25(20)24)26-23-15-12-21(16-23)19-10-13-22(14-11-19)27-18(2)28/h3-11,13-14,17,21,23,26H,12,15-16H2,1-2H3,(H,27,28)/t17-,21?,23?/m1/s1. The molecule has 0 radical (unpaired) electrons. The molecule has 3 heteroatoms. The predicted molar refractivity (Wildman–Crippen MR) is 117 cm³/mol. The van der Waals surface area contributed by atoms with Crippen LogP contribution in [-0.4, -0.2) is 11.9 Å². The SMILES string of the molecule is CC(=O)Nc1ccc(C2CCC(N[C@H](C)c3cccc4ccccc34)C2)cc1. The van der Waals surface area contributed by atoms with E-state index in [1.54, 1.807) is 0 Å². The van der Waals surface area contributed by atoms with Crippen LogP contribution in [0.3, 0.4) is 0 Å². The molecule has 3 aromatic rings. The summed E-state index contributed by atoms with van der Waals surface area (Å²) in [6, 6.07) is 24.4. The van der Waals surface area contributed by atoms with E-state index in [9.17, 15) is 4.79 Å². The molecule has 28 heavy (non-hydrogen) atoms. The summed E-state index contributed by atoms with van der Waals surface area (Å²) in [5, 5.41) is 9.35. The second-order valence-corrected chi connectivity index (χ2v) is 7.97. The quantitative estimate of drug-likeness (QED) is 0.595. The van der Waals surface area contributed by atoms with Crippen LogP contribution in [0.25, 0.3) is 10.8 Å². The van der Waals surface area contributed by atoms with Crippen molar-refractivity contribution in [2.45, 2.75) is 51.1 Å². The largest absolute Gasteiger partial charge is 0.326 e. The molecule has 0 aliphatic heterocycles. The Kier molecular flexibility index (Phi) is 5.45. The Labute approximate surface area is 167 Å². The van der Waals surface area contributed by atoms with Crippen molar-refractivity contribution in [3.8, 4) is 0 Å². The van der Waals surface area contributed by atoms with Crippen LogP contribution in [-0.2, 0) is 4.79 Å². The van der Waals surface area contributed by atoms with Crippen LogP contribution in [0.5, 0.6) is 0 Å². The first-order valence-electron chi connectivity index (χ1n) is 10.2. The molecule has 2 N–H and O–H groups in total. The van der Waals surface area contributed by atoms with Crippen LogP contribution < -0.4 is 10.6 Å². The summed E-state index contributed by atoms with van der Waals surface area (Å²) in [5.41, 5.74) is 3.62. The Bertz CT molecular complexity index is 958. The third kappa shape index (κ3) is 4.10. The maximum absolute atomic E-state index is 11.2. The molecule has 3 atom stereocenters. The van der Waals surface area contributed by atoms with E-state index in [4.69, 9.17) is 0 Å². The lowest BCUT2D eigenvalue weighted by atomic mass is 9.96. The highest BCUT2D eigenvalue weighted by Crippen LogP contribution is 2.36. The van der Waals surface area contributed by atoms with E-state index in [1.165, 1.54) is 41.7 Å². The molecule has 3 nitrogen and oxygen atoms in total. The number of carbonyl (C=O) groups is 1. The fourth-order valence-corrected chi connectivity index (χ4v) is 4.55. The molecular weight excluding hydrogens is 344 g/mol. The smallest absolute Gasteiger partial charge is 0.221 e. The summed E-state index contributed by atoms with van der Waals surface area (Å²) in [4.78, 5) is 11.2. The highest BCUT2D eigenvalue weighted by atomic mass is 16.1. The second kappa shape index (κ2) is 8.15. The van der Waals surface area contributed by atoms with Gasteiger partial charge in [-0.3, -0.25) is 4.79 Å². The van der Waals surface area contributed by atoms with E-state index in [2.05, 4.69) is 72.2 Å². The van der Waals surface area contributed by atoms with Gasteiger partial charge in [0, 0.05) is 24.7 Å². The van der Waals surface area contributed by atoms with Crippen LogP contribution in [0.1, 0.15) is 56.2 Å². The van der Waals surface area contributed by atoms with Crippen molar-refractivity contribution in [1.82, 2.24) is 5.32 Å². The molecule has 0 heterocycles. The lowest BCUT2D eigenvalue weighted by Gasteiger charge is -2.21. The average Bonchev–Trinajstić information content (AvgIpc) is 3.16. The van der Waals surface area contributed by atoms with E-state index in [0.29, 0.717) is 18.0 Å². The van der Waals surface area contributed by atoms with Gasteiger partial charge >= 0.3 is 0 Å². The van der Waals surface area contributed by atoms with Crippen LogP contribution in [0.15, 0.2) is 66.7 Å². The summed E-state index contributed by atoms with van der Waals surface area (Å²) < 4.78 is 0. The summed E-state index contributed by atoms with van der Waals surface area (Å²) >= 11 is 0. The zero-order valence-electron chi connectivity index (χ0n) is 16.6. The normalized spacial score (nSPS) is 20.2. The highest BCUT2D eigenvalue weighted by molar-refractivity contribution is 5.88. The molecule has 0 spiro atoms. The fraction of sp³-hybridized carbons (Fsp3) is 0.320. The number of anilines is 1. The van der Waals surface area contributed by atoms with Gasteiger partial charge in [0.2, 0.25) is 5.91 Å². The molecule has 144 valence electrons. The molecule has 2 unspecified atom stereocenters. The van der Waals surface area contributed by atoms with E-state index >= 15 is 0 Å². The zero-order chi connectivity index (χ0) is 19.5. The number of carbonyl (C=O) groups excluding carboxylic acids is 1. The van der Waals surface area contributed by atoms with Gasteiger partial charge in [-0.15, -0.1) is 0 Å². The molecule has 1 fully saturated rings. The topological polar surface area (TPSA) is 41.1 Å². The monoisotopic (exact) mass is 372 g/mol. The maximum Gasteiger partial charge on any atom is 0.221 e. The predicted octanol–water partition coefficient (Wildman–Crippen LogP) is 5.79. The lowest BCUT2D eigenvalue weighted by Crippen LogP contribution is -2.29. The first-order valence-corrected chi connectivity index (χ1v) is 10.2. The Balaban J connectivity index is 1.41. The zero-order valence-corrected chi connectivity index (χ0v) is 16.6. The Morgan fingerprint density at radius 3 is 2.50 bits per heavy atom. The Morgan fingerprint density at radius 2 is 1.71 bits per heavy atom. The van der Waals surface area contributed by atoms with E-state index in [1.807, 2.05) is 12.1 Å². The van der Waals surface area contributed by atoms with Gasteiger partial charge in [0.15, 0.2) is 0 Å². The number of nitrogens with one attached hydrogen (secondary N) is 2. The summed E-state index contributed by atoms with van der Waals surface area (Å²) in [6.07, 6.45) is 3.57. The van der Waals surface area contributed by atoms with Crippen molar-refractivity contribution in [2.75, 3.05) is 5.32 Å². The maximum atomic E-state index is 11.2. The third-order valence-electron chi connectivity index (χ3n) is 5.91. The molecule has 4 rings (SSSR count). The van der Waals surface area contributed by atoms with Crippen LogP contribution in [0, 0.1) is 0 Å². The van der Waals surface area contributed by atoms with Crippen molar-refractivity contribution in [3.05, 3.63) is 77.9 Å². The molecule has 1 amide bonds. The van der Waals surface area contributed by atoms with Gasteiger partial charge in [0.1, 0.15) is 0 Å². The van der Waals surface area contributed by atoms with Crippen molar-refractivity contribution in [1.29, 1.82) is 0 Å². The molecule has 1 aliphatic carbocycles. The fourth-order valence-electron chi connectivity index (χ4n) is 4.55. The van der Waals surface area contributed by atoms with Crippen molar-refractivity contribution in [2.24, 2.45) is 0 Å². The van der Waals surface area contributed by atoms with Crippen LogP contribution in [0.4, 0.5) is 5.69 Å². The van der Waals surface area contributed by atoms with Crippen molar-refractivity contribution < 1.29 is 4.79 Å². The van der Waals surface area contributed by atoms with Crippen molar-refractivity contribution in [3.63, 3.8) is 0 Å². The number of hydrogen-bond donors (Lipinski definition) is 2. The van der Waals surface area contributed by atoms with Gasteiger partial charge in [-0.25, -0.2) is 0 Å². The minimum atomic E-state index is -0.0275. The number of hydrogen-bond acceptors (Lipinski definition) is 2. The van der Waals surface area contributed by atoms with Gasteiger partial charge in [0.25, 0.3) is 0 Å². The molecule has 1 aliphatic rings. The van der Waals surface area contributed by atoms with E-state index < -0.39 is 0 Å². The average molecular weight is 373 g/mol. The van der Waals surface area contributed by atoms with Gasteiger partial charge in [-0.1, -0.05) is 54.6 Å². The Morgan fingerprint density at radius 1 is 0.964 bits per heavy atom. The van der Waals surface area contributed by atoms with Crippen LogP contribution >= 0.6 is 0 Å². The first kappa shape index (κ1) is 18.7. The number of rotatable bonds is 5. The minimum Gasteiger partial charge on any atom is -0.326 e. The summed E-state index contributed by atoms with van der Waals surface area (Å²) in [7, 11) is 0. The molecule has 0 saturated heterocycles. The molecule has 0 aromatic heterocycles. The molecule has 1 saturated carbocycles. The highest BCUT2D eigenvalue weighted by Gasteiger charge is 2.27. The third-order valence-corrected chi connectivity index (χ3v) is 5.91. The molecule has 0 bridgehead atoms. The van der Waals surface area contributed by atoms with Gasteiger partial charge in [-0.05, 0) is 66.1 Å². The van der Waals surface area contributed by atoms with Gasteiger partial charge < -0.3 is 10.6 Å². The van der Waals surface area contributed by atoms with E-state index in [-0.39, 0.29) is 5.91 Å². The summed E-state index contributed by atoms with van der Waals surface area (Å²) in [5.74, 6) is 0.559. The van der Waals surface area contributed by atoms with Gasteiger partial charge in [0.05, 0.1) is 0 Å². The molecule has 3 aromatic carbocycles. The minimum absolute atomic E-state index is 0.0275. The number of amides is 1. The number of benzene rings is 3. The van der Waals surface area contributed by atoms with E-state index in [0.717, 1.165) is 12.1 Å². The lowest BCUT2D eigenvalue weighted by molar-refractivity contribution is -0.114. The van der Waals surface area contributed by atoms with Crippen LogP contribution in [0.2, 0.25) is 0 Å².